The Balaban J connectivity index is 2.19. The van der Waals surface area contributed by atoms with Crippen LogP contribution in [0.4, 0.5) is 0 Å². The number of carbonyl (C=O) groups is 1. The molecule has 0 spiro atoms. The van der Waals surface area contributed by atoms with Gasteiger partial charge in [0.2, 0.25) is 6.79 Å². The van der Waals surface area contributed by atoms with Crippen molar-refractivity contribution in [2.75, 3.05) is 13.9 Å². The van der Waals surface area contributed by atoms with Crippen LogP contribution in [0.5, 0.6) is 11.5 Å². The molecule has 2 rings (SSSR count). The molecule has 1 aliphatic heterocycles. The van der Waals surface area contributed by atoms with Crippen LogP contribution in [0.15, 0.2) is 12.1 Å². The van der Waals surface area contributed by atoms with Crippen LogP contribution in [0.1, 0.15) is 12.0 Å². The molecule has 0 radical (unpaired) electrons. The monoisotopic (exact) mass is 252 g/mol. The van der Waals surface area contributed by atoms with E-state index in [-0.39, 0.29) is 19.2 Å². The number of rotatable bonds is 1. The summed E-state index contributed by atoms with van der Waals surface area (Å²) in [6.45, 7) is 0.185. The Morgan fingerprint density at radius 2 is 2.18 bits per heavy atom. The highest BCUT2D eigenvalue weighted by atomic mass is 35.5. The molecular formula is C12H9ClO4. The third-order valence-corrected chi connectivity index (χ3v) is 2.46. The average Bonchev–Trinajstić information content (AvgIpc) is 2.76. The molecule has 5 heteroatoms. The number of ether oxygens (including phenoxy) is 3. The minimum absolute atomic E-state index is 0.0290. The van der Waals surface area contributed by atoms with Crippen LogP contribution in [0.2, 0.25) is 5.02 Å². The second-order valence-electron chi connectivity index (χ2n) is 3.24. The van der Waals surface area contributed by atoms with Gasteiger partial charge in [0.15, 0.2) is 11.5 Å². The quantitative estimate of drug-likeness (QED) is 0.566. The zero-order valence-electron chi connectivity index (χ0n) is 9.08. The van der Waals surface area contributed by atoms with Gasteiger partial charge in [0.05, 0.1) is 12.1 Å². The first-order valence-corrected chi connectivity index (χ1v) is 5.23. The summed E-state index contributed by atoms with van der Waals surface area (Å²) < 4.78 is 14.8. The summed E-state index contributed by atoms with van der Waals surface area (Å²) in [4.78, 5) is 10.9. The lowest BCUT2D eigenvalue weighted by molar-refractivity contribution is -0.139. The van der Waals surface area contributed by atoms with Crippen molar-refractivity contribution in [3.8, 4) is 23.3 Å². The largest absolute Gasteiger partial charge is 0.468 e. The number of benzene rings is 1. The molecule has 1 aromatic rings. The molecule has 0 N–H and O–H groups in total. The summed E-state index contributed by atoms with van der Waals surface area (Å²) in [5, 5.41) is 0.464. The standard InChI is InChI=1S/C12H9ClO4/c1-15-12(14)4-2-3-8-5-10-11(6-9(8)13)17-7-16-10/h5-6H,4,7H2,1H3. The highest BCUT2D eigenvalue weighted by Gasteiger charge is 2.15. The first kappa shape index (κ1) is 11.6. The average molecular weight is 253 g/mol. The SMILES string of the molecule is COC(=O)CC#Cc1cc2c(cc1Cl)OCO2. The molecule has 0 fully saturated rings. The van der Waals surface area contributed by atoms with E-state index in [1.165, 1.54) is 7.11 Å². The Morgan fingerprint density at radius 1 is 1.47 bits per heavy atom. The molecule has 0 bridgehead atoms. The molecule has 0 amide bonds. The predicted octanol–water partition coefficient (Wildman–Crippen LogP) is 1.98. The third-order valence-electron chi connectivity index (χ3n) is 2.15. The van der Waals surface area contributed by atoms with Crippen LogP contribution in [-0.2, 0) is 9.53 Å². The van der Waals surface area contributed by atoms with E-state index in [4.69, 9.17) is 21.1 Å². The number of methoxy groups -OCH3 is 1. The van der Waals surface area contributed by atoms with Gasteiger partial charge in [-0.25, -0.2) is 0 Å². The fourth-order valence-electron chi connectivity index (χ4n) is 1.30. The molecule has 1 aromatic carbocycles. The summed E-state index contributed by atoms with van der Waals surface area (Å²) in [7, 11) is 1.32. The van der Waals surface area contributed by atoms with E-state index in [1.54, 1.807) is 12.1 Å². The molecule has 1 aliphatic rings. The van der Waals surface area contributed by atoms with Gasteiger partial charge in [0.1, 0.15) is 6.42 Å². The highest BCUT2D eigenvalue weighted by Crippen LogP contribution is 2.36. The molecular weight excluding hydrogens is 244 g/mol. The zero-order valence-corrected chi connectivity index (χ0v) is 9.84. The molecule has 88 valence electrons. The van der Waals surface area contributed by atoms with Gasteiger partial charge in [-0.15, -0.1) is 0 Å². The Bertz CT molecular complexity index is 513. The van der Waals surface area contributed by atoms with Crippen LogP contribution in [0.25, 0.3) is 0 Å². The summed E-state index contributed by atoms with van der Waals surface area (Å²) in [6, 6.07) is 3.33. The summed E-state index contributed by atoms with van der Waals surface area (Å²) in [5.74, 6) is 6.30. The summed E-state index contributed by atoms with van der Waals surface area (Å²) in [6.07, 6.45) is 0.0290. The van der Waals surface area contributed by atoms with Crippen LogP contribution in [0.3, 0.4) is 0 Å². The maximum Gasteiger partial charge on any atom is 0.317 e. The number of halogens is 1. The zero-order chi connectivity index (χ0) is 12.3. The third kappa shape index (κ3) is 2.63. The van der Waals surface area contributed by atoms with Crippen LogP contribution < -0.4 is 9.47 Å². The molecule has 0 atom stereocenters. The van der Waals surface area contributed by atoms with E-state index in [2.05, 4.69) is 16.6 Å². The van der Waals surface area contributed by atoms with E-state index in [9.17, 15) is 4.79 Å². The van der Waals surface area contributed by atoms with Crippen molar-refractivity contribution in [2.24, 2.45) is 0 Å². The van der Waals surface area contributed by atoms with Crippen molar-refractivity contribution in [1.82, 2.24) is 0 Å². The number of hydrogen-bond donors (Lipinski definition) is 0. The maximum absolute atomic E-state index is 10.9. The van der Waals surface area contributed by atoms with Crippen molar-refractivity contribution < 1.29 is 19.0 Å². The molecule has 4 nitrogen and oxygen atoms in total. The Morgan fingerprint density at radius 3 is 2.88 bits per heavy atom. The number of fused-ring (bicyclic) bond motifs is 1. The van der Waals surface area contributed by atoms with E-state index in [1.807, 2.05) is 0 Å². The van der Waals surface area contributed by atoms with Crippen molar-refractivity contribution in [3.63, 3.8) is 0 Å². The second-order valence-corrected chi connectivity index (χ2v) is 3.65. The summed E-state index contributed by atoms with van der Waals surface area (Å²) in [5.41, 5.74) is 0.597. The molecule has 0 aromatic heterocycles. The van der Waals surface area contributed by atoms with Crippen molar-refractivity contribution in [2.45, 2.75) is 6.42 Å². The topological polar surface area (TPSA) is 44.8 Å². The van der Waals surface area contributed by atoms with E-state index >= 15 is 0 Å². The maximum atomic E-state index is 10.9. The molecule has 0 saturated heterocycles. The molecule has 17 heavy (non-hydrogen) atoms. The Kier molecular flexibility index (Phi) is 3.40. The Hall–Kier alpha value is -1.86. The van der Waals surface area contributed by atoms with Gasteiger partial charge in [-0.1, -0.05) is 23.4 Å². The minimum atomic E-state index is -0.380. The van der Waals surface area contributed by atoms with Gasteiger partial charge in [-0.3, -0.25) is 4.79 Å². The van der Waals surface area contributed by atoms with Crippen LogP contribution >= 0.6 is 11.6 Å². The van der Waals surface area contributed by atoms with Gasteiger partial charge in [0.25, 0.3) is 0 Å². The molecule has 0 saturated carbocycles. The van der Waals surface area contributed by atoms with Crippen LogP contribution in [0, 0.1) is 11.8 Å². The van der Waals surface area contributed by atoms with Gasteiger partial charge < -0.3 is 14.2 Å². The normalized spacial score (nSPS) is 11.6. The van der Waals surface area contributed by atoms with E-state index in [0.717, 1.165) is 0 Å². The number of hydrogen-bond acceptors (Lipinski definition) is 4. The van der Waals surface area contributed by atoms with Crippen molar-refractivity contribution in [3.05, 3.63) is 22.7 Å². The van der Waals surface area contributed by atoms with Crippen molar-refractivity contribution >= 4 is 17.6 Å². The molecule has 0 aliphatic carbocycles. The van der Waals surface area contributed by atoms with Gasteiger partial charge in [0, 0.05) is 17.7 Å². The van der Waals surface area contributed by atoms with Crippen LogP contribution in [-0.4, -0.2) is 19.9 Å². The number of esters is 1. The molecule has 0 unspecified atom stereocenters. The lowest BCUT2D eigenvalue weighted by atomic mass is 10.2. The Labute approximate surface area is 103 Å². The van der Waals surface area contributed by atoms with Crippen molar-refractivity contribution in [1.29, 1.82) is 0 Å². The predicted molar refractivity (Wildman–Crippen MR) is 61.1 cm³/mol. The highest BCUT2D eigenvalue weighted by molar-refractivity contribution is 6.32. The van der Waals surface area contributed by atoms with Gasteiger partial charge in [-0.2, -0.15) is 0 Å². The fraction of sp³-hybridized carbons (Fsp3) is 0.250. The second kappa shape index (κ2) is 4.98. The summed E-state index contributed by atoms with van der Waals surface area (Å²) >= 11 is 6.00. The smallest absolute Gasteiger partial charge is 0.317 e. The fourth-order valence-corrected chi connectivity index (χ4v) is 1.50. The van der Waals surface area contributed by atoms with E-state index < -0.39 is 0 Å². The van der Waals surface area contributed by atoms with E-state index in [0.29, 0.717) is 22.1 Å². The minimum Gasteiger partial charge on any atom is -0.468 e. The number of carbonyl (C=O) groups excluding carboxylic acids is 1. The first-order chi connectivity index (χ1) is 8.20. The lowest BCUT2D eigenvalue weighted by Crippen LogP contribution is -1.97. The first-order valence-electron chi connectivity index (χ1n) is 4.85. The van der Waals surface area contributed by atoms with Gasteiger partial charge >= 0.3 is 5.97 Å². The van der Waals surface area contributed by atoms with Gasteiger partial charge in [-0.05, 0) is 0 Å². The molecule has 1 heterocycles. The lowest BCUT2D eigenvalue weighted by Gasteiger charge is -1.99.